The molecule has 1 heterocycles. The van der Waals surface area contributed by atoms with Crippen LogP contribution in [0.2, 0.25) is 0 Å². The van der Waals surface area contributed by atoms with E-state index < -0.39 is 0 Å². The zero-order valence-corrected chi connectivity index (χ0v) is 10.7. The third kappa shape index (κ3) is 2.38. The Bertz CT molecular complexity index is 391. The van der Waals surface area contributed by atoms with E-state index in [0.717, 1.165) is 38.3 Å². The second-order valence-electron chi connectivity index (χ2n) is 5.44. The summed E-state index contributed by atoms with van der Waals surface area (Å²) < 4.78 is 11.3. The lowest BCUT2D eigenvalue weighted by molar-refractivity contribution is 0.0255. The van der Waals surface area contributed by atoms with Gasteiger partial charge in [-0.05, 0) is 30.5 Å². The minimum Gasteiger partial charge on any atom is -0.490 e. The van der Waals surface area contributed by atoms with Gasteiger partial charge in [0.05, 0.1) is 13.2 Å². The van der Waals surface area contributed by atoms with E-state index in [1.165, 1.54) is 18.4 Å². The molecule has 1 aromatic carbocycles. The van der Waals surface area contributed by atoms with Crippen LogP contribution >= 0.6 is 0 Å². The van der Waals surface area contributed by atoms with E-state index >= 15 is 0 Å². The Morgan fingerprint density at radius 2 is 1.83 bits per heavy atom. The Morgan fingerprint density at radius 3 is 2.39 bits per heavy atom. The minimum absolute atomic E-state index is 0.275. The van der Waals surface area contributed by atoms with Crippen LogP contribution in [0.3, 0.4) is 0 Å². The Hall–Kier alpha value is -1.06. The van der Waals surface area contributed by atoms with Crippen LogP contribution in [-0.2, 0) is 10.2 Å². The summed E-state index contributed by atoms with van der Waals surface area (Å²) in [5.41, 5.74) is 7.48. The maximum absolute atomic E-state index is 5.97. The van der Waals surface area contributed by atoms with Gasteiger partial charge in [0.25, 0.3) is 0 Å². The molecule has 2 aliphatic rings. The molecule has 18 heavy (non-hydrogen) atoms. The fourth-order valence-electron chi connectivity index (χ4n) is 2.63. The molecule has 98 valence electrons. The molecule has 0 spiro atoms. The summed E-state index contributed by atoms with van der Waals surface area (Å²) >= 11 is 0. The monoisotopic (exact) mass is 247 g/mol. The molecule has 0 bridgehead atoms. The van der Waals surface area contributed by atoms with Gasteiger partial charge < -0.3 is 15.2 Å². The van der Waals surface area contributed by atoms with Crippen LogP contribution in [0.25, 0.3) is 0 Å². The molecule has 1 aromatic rings. The summed E-state index contributed by atoms with van der Waals surface area (Å²) in [5.74, 6) is 0.971. The van der Waals surface area contributed by atoms with E-state index in [-0.39, 0.29) is 5.41 Å². The maximum atomic E-state index is 5.97. The number of nitrogens with two attached hydrogens (primary N) is 1. The lowest BCUT2D eigenvalue weighted by atomic mass is 9.96. The standard InChI is InChI=1S/C15H21NO2/c16-11-15(7-8-15)12-1-3-13(4-2-12)18-14-5-9-17-10-6-14/h1-4,14H,5-11,16H2. The quantitative estimate of drug-likeness (QED) is 0.887. The van der Waals surface area contributed by atoms with E-state index in [1.54, 1.807) is 0 Å². The first-order chi connectivity index (χ1) is 8.82. The van der Waals surface area contributed by atoms with Crippen molar-refractivity contribution in [3.05, 3.63) is 29.8 Å². The summed E-state index contributed by atoms with van der Waals surface area (Å²) in [6.07, 6.45) is 4.75. The smallest absolute Gasteiger partial charge is 0.119 e. The minimum atomic E-state index is 0.275. The lowest BCUT2D eigenvalue weighted by Crippen LogP contribution is -2.26. The molecule has 0 unspecified atom stereocenters. The summed E-state index contributed by atoms with van der Waals surface area (Å²) in [6.45, 7) is 2.39. The van der Waals surface area contributed by atoms with E-state index in [1.807, 2.05) is 0 Å². The first-order valence-electron chi connectivity index (χ1n) is 6.87. The van der Waals surface area contributed by atoms with Crippen molar-refractivity contribution in [1.29, 1.82) is 0 Å². The molecular weight excluding hydrogens is 226 g/mol. The average Bonchev–Trinajstić information content (AvgIpc) is 3.22. The largest absolute Gasteiger partial charge is 0.490 e. The van der Waals surface area contributed by atoms with Crippen molar-refractivity contribution in [2.75, 3.05) is 19.8 Å². The molecular formula is C15H21NO2. The number of rotatable bonds is 4. The van der Waals surface area contributed by atoms with E-state index in [4.69, 9.17) is 15.2 Å². The molecule has 0 atom stereocenters. The number of ether oxygens (including phenoxy) is 2. The van der Waals surface area contributed by atoms with Gasteiger partial charge in [-0.1, -0.05) is 12.1 Å². The predicted octanol–water partition coefficient (Wildman–Crippen LogP) is 2.23. The molecule has 2 fully saturated rings. The molecule has 3 nitrogen and oxygen atoms in total. The highest BCUT2D eigenvalue weighted by Crippen LogP contribution is 2.47. The zero-order chi connectivity index (χ0) is 12.4. The summed E-state index contributed by atoms with van der Waals surface area (Å²) in [5, 5.41) is 0. The number of hydrogen-bond acceptors (Lipinski definition) is 3. The summed E-state index contributed by atoms with van der Waals surface area (Å²) in [7, 11) is 0. The van der Waals surface area contributed by atoms with Gasteiger partial charge in [-0.25, -0.2) is 0 Å². The molecule has 0 amide bonds. The Morgan fingerprint density at radius 1 is 1.17 bits per heavy atom. The van der Waals surface area contributed by atoms with Crippen molar-refractivity contribution >= 4 is 0 Å². The van der Waals surface area contributed by atoms with Crippen LogP contribution in [0.4, 0.5) is 0 Å². The van der Waals surface area contributed by atoms with Gasteiger partial charge in [0.2, 0.25) is 0 Å². The Kier molecular flexibility index (Phi) is 3.27. The molecule has 3 rings (SSSR count). The number of hydrogen-bond donors (Lipinski definition) is 1. The third-order valence-electron chi connectivity index (χ3n) is 4.18. The van der Waals surface area contributed by atoms with Crippen LogP contribution < -0.4 is 10.5 Å². The molecule has 1 aliphatic heterocycles. The van der Waals surface area contributed by atoms with Crippen LogP contribution in [0.5, 0.6) is 5.75 Å². The Balaban J connectivity index is 1.64. The van der Waals surface area contributed by atoms with E-state index in [2.05, 4.69) is 24.3 Å². The van der Waals surface area contributed by atoms with Crippen molar-refractivity contribution in [2.45, 2.75) is 37.2 Å². The van der Waals surface area contributed by atoms with Crippen molar-refractivity contribution in [2.24, 2.45) is 5.73 Å². The molecule has 1 aliphatic carbocycles. The molecule has 1 saturated carbocycles. The van der Waals surface area contributed by atoms with E-state index in [9.17, 15) is 0 Å². The number of benzene rings is 1. The highest BCUT2D eigenvalue weighted by atomic mass is 16.5. The van der Waals surface area contributed by atoms with Crippen molar-refractivity contribution in [3.63, 3.8) is 0 Å². The SMILES string of the molecule is NCC1(c2ccc(OC3CCOCC3)cc2)CC1. The second kappa shape index (κ2) is 4.90. The fraction of sp³-hybridized carbons (Fsp3) is 0.600. The van der Waals surface area contributed by atoms with Gasteiger partial charge in [-0.2, -0.15) is 0 Å². The lowest BCUT2D eigenvalue weighted by Gasteiger charge is -2.23. The molecule has 2 N–H and O–H groups in total. The van der Waals surface area contributed by atoms with Crippen LogP contribution in [-0.4, -0.2) is 25.9 Å². The van der Waals surface area contributed by atoms with Gasteiger partial charge in [0.1, 0.15) is 11.9 Å². The normalized spacial score (nSPS) is 22.7. The second-order valence-corrected chi connectivity index (χ2v) is 5.44. The van der Waals surface area contributed by atoms with Crippen molar-refractivity contribution in [3.8, 4) is 5.75 Å². The first-order valence-corrected chi connectivity index (χ1v) is 6.87. The van der Waals surface area contributed by atoms with Gasteiger partial charge in [0.15, 0.2) is 0 Å². The molecule has 1 saturated heterocycles. The van der Waals surface area contributed by atoms with Gasteiger partial charge in [-0.3, -0.25) is 0 Å². The maximum Gasteiger partial charge on any atom is 0.119 e. The highest BCUT2D eigenvalue weighted by molar-refractivity contribution is 5.36. The predicted molar refractivity (Wildman–Crippen MR) is 70.9 cm³/mol. The van der Waals surface area contributed by atoms with Gasteiger partial charge >= 0.3 is 0 Å². The van der Waals surface area contributed by atoms with Crippen molar-refractivity contribution in [1.82, 2.24) is 0 Å². The highest BCUT2D eigenvalue weighted by Gasteiger charge is 2.42. The molecule has 3 heteroatoms. The summed E-state index contributed by atoms with van der Waals surface area (Å²) in [6, 6.07) is 8.52. The topological polar surface area (TPSA) is 44.5 Å². The fourth-order valence-corrected chi connectivity index (χ4v) is 2.63. The van der Waals surface area contributed by atoms with Crippen LogP contribution in [0, 0.1) is 0 Å². The van der Waals surface area contributed by atoms with Gasteiger partial charge in [-0.15, -0.1) is 0 Å². The molecule has 0 radical (unpaired) electrons. The Labute approximate surface area is 108 Å². The zero-order valence-electron chi connectivity index (χ0n) is 10.7. The third-order valence-corrected chi connectivity index (χ3v) is 4.18. The van der Waals surface area contributed by atoms with Crippen LogP contribution in [0.1, 0.15) is 31.2 Å². The van der Waals surface area contributed by atoms with Gasteiger partial charge in [0, 0.05) is 24.8 Å². The van der Waals surface area contributed by atoms with Crippen LogP contribution in [0.15, 0.2) is 24.3 Å². The van der Waals surface area contributed by atoms with E-state index in [0.29, 0.717) is 6.10 Å². The van der Waals surface area contributed by atoms with Crippen molar-refractivity contribution < 1.29 is 9.47 Å². The average molecular weight is 247 g/mol. The molecule has 0 aromatic heterocycles. The first kappa shape index (κ1) is 12.0. The summed E-state index contributed by atoms with van der Waals surface area (Å²) in [4.78, 5) is 0.